The molecule has 0 spiro atoms. The molecule has 0 saturated carbocycles. The van der Waals surface area contributed by atoms with Gasteiger partial charge in [0.25, 0.3) is 0 Å². The lowest BCUT2D eigenvalue weighted by Gasteiger charge is -2.19. The predicted molar refractivity (Wildman–Crippen MR) is 75.4 cm³/mol. The molecule has 2 rings (SSSR count). The van der Waals surface area contributed by atoms with Gasteiger partial charge >= 0.3 is 5.97 Å². The summed E-state index contributed by atoms with van der Waals surface area (Å²) in [4.78, 5) is 18.4. The SMILES string of the molecule is CC(C)(C)c1nc(N2CCCOCC2)sc1C(=O)O. The highest BCUT2D eigenvalue weighted by Gasteiger charge is 2.28. The van der Waals surface area contributed by atoms with Gasteiger partial charge in [0.15, 0.2) is 5.13 Å². The first-order valence-corrected chi connectivity index (χ1v) is 7.28. The smallest absolute Gasteiger partial charge is 0.347 e. The Bertz CT molecular complexity index is 457. The average molecular weight is 284 g/mol. The quantitative estimate of drug-likeness (QED) is 0.903. The van der Waals surface area contributed by atoms with E-state index in [0.29, 0.717) is 17.2 Å². The van der Waals surface area contributed by atoms with Gasteiger partial charge in [-0.15, -0.1) is 0 Å². The van der Waals surface area contributed by atoms with Crippen molar-refractivity contribution in [1.29, 1.82) is 0 Å². The Morgan fingerprint density at radius 2 is 2.11 bits per heavy atom. The van der Waals surface area contributed by atoms with Crippen molar-refractivity contribution in [2.45, 2.75) is 32.6 Å². The first kappa shape index (κ1) is 14.3. The lowest BCUT2D eigenvalue weighted by Crippen LogP contribution is -2.26. The van der Waals surface area contributed by atoms with Gasteiger partial charge in [-0.25, -0.2) is 9.78 Å². The van der Waals surface area contributed by atoms with Crippen molar-refractivity contribution in [3.8, 4) is 0 Å². The third-order valence-corrected chi connectivity index (χ3v) is 4.12. The maximum absolute atomic E-state index is 11.4. The third kappa shape index (κ3) is 3.25. The summed E-state index contributed by atoms with van der Waals surface area (Å²) in [6.45, 7) is 9.05. The lowest BCUT2D eigenvalue weighted by molar-refractivity contribution is 0.0699. The standard InChI is InChI=1S/C13H20N2O3S/c1-13(2,3)10-9(11(16)17)19-12(14-10)15-5-4-7-18-8-6-15/h4-8H2,1-3H3,(H,16,17). The Kier molecular flexibility index (Phi) is 4.10. The number of hydrogen-bond donors (Lipinski definition) is 1. The average Bonchev–Trinajstić information content (AvgIpc) is 2.60. The van der Waals surface area contributed by atoms with Crippen LogP contribution in [0.15, 0.2) is 0 Å². The van der Waals surface area contributed by atoms with Gasteiger partial charge in [-0.3, -0.25) is 0 Å². The van der Waals surface area contributed by atoms with E-state index in [-0.39, 0.29) is 5.41 Å². The number of ether oxygens (including phenoxy) is 1. The number of anilines is 1. The van der Waals surface area contributed by atoms with Gasteiger partial charge in [-0.1, -0.05) is 32.1 Å². The summed E-state index contributed by atoms with van der Waals surface area (Å²) < 4.78 is 5.42. The van der Waals surface area contributed by atoms with E-state index in [9.17, 15) is 9.90 Å². The molecule has 1 fully saturated rings. The van der Waals surface area contributed by atoms with E-state index in [2.05, 4.69) is 9.88 Å². The monoisotopic (exact) mass is 284 g/mol. The Balaban J connectivity index is 2.34. The molecule has 0 unspecified atom stereocenters. The highest BCUT2D eigenvalue weighted by molar-refractivity contribution is 7.17. The normalized spacial score (nSPS) is 17.3. The molecular formula is C13H20N2O3S. The summed E-state index contributed by atoms with van der Waals surface area (Å²) in [5.74, 6) is -0.889. The minimum absolute atomic E-state index is 0.259. The highest BCUT2D eigenvalue weighted by atomic mass is 32.1. The fourth-order valence-corrected chi connectivity index (χ4v) is 3.20. The van der Waals surface area contributed by atoms with E-state index < -0.39 is 5.97 Å². The second-order valence-electron chi connectivity index (χ2n) is 5.68. The highest BCUT2D eigenvalue weighted by Crippen LogP contribution is 2.34. The second kappa shape index (κ2) is 5.46. The molecule has 6 heteroatoms. The summed E-state index contributed by atoms with van der Waals surface area (Å²) >= 11 is 1.27. The van der Waals surface area contributed by atoms with E-state index in [1.54, 1.807) is 0 Å². The van der Waals surface area contributed by atoms with Crippen LogP contribution in [-0.4, -0.2) is 42.4 Å². The minimum atomic E-state index is -0.889. The van der Waals surface area contributed by atoms with Crippen LogP contribution in [0.2, 0.25) is 0 Å². The number of carboxylic acids is 1. The second-order valence-corrected chi connectivity index (χ2v) is 6.66. The molecule has 0 bridgehead atoms. The zero-order chi connectivity index (χ0) is 14.0. The number of hydrogen-bond acceptors (Lipinski definition) is 5. The van der Waals surface area contributed by atoms with Crippen molar-refractivity contribution in [3.05, 3.63) is 10.6 Å². The van der Waals surface area contributed by atoms with Crippen LogP contribution in [0.3, 0.4) is 0 Å². The number of aromatic carboxylic acids is 1. The molecule has 0 atom stereocenters. The topological polar surface area (TPSA) is 62.7 Å². The summed E-state index contributed by atoms with van der Waals surface area (Å²) in [5, 5.41) is 10.1. The van der Waals surface area contributed by atoms with Crippen molar-refractivity contribution in [2.24, 2.45) is 0 Å². The maximum Gasteiger partial charge on any atom is 0.347 e. The largest absolute Gasteiger partial charge is 0.477 e. The first-order valence-electron chi connectivity index (χ1n) is 6.47. The molecule has 2 heterocycles. The molecule has 0 aromatic carbocycles. The van der Waals surface area contributed by atoms with Crippen molar-refractivity contribution in [3.63, 3.8) is 0 Å². The molecule has 0 amide bonds. The number of aromatic nitrogens is 1. The molecule has 0 aliphatic carbocycles. The van der Waals surface area contributed by atoms with Gasteiger partial charge in [0.1, 0.15) is 4.88 Å². The Morgan fingerprint density at radius 1 is 1.37 bits per heavy atom. The van der Waals surface area contributed by atoms with Gasteiger partial charge < -0.3 is 14.7 Å². The molecule has 106 valence electrons. The fraction of sp³-hybridized carbons (Fsp3) is 0.692. The van der Waals surface area contributed by atoms with Crippen LogP contribution in [0.4, 0.5) is 5.13 Å². The van der Waals surface area contributed by atoms with Crippen molar-refractivity contribution in [2.75, 3.05) is 31.2 Å². The van der Waals surface area contributed by atoms with Crippen LogP contribution in [0.5, 0.6) is 0 Å². The van der Waals surface area contributed by atoms with E-state index in [1.807, 2.05) is 20.8 Å². The Hall–Kier alpha value is -1.14. The molecule has 1 aliphatic rings. The molecule has 0 radical (unpaired) electrons. The molecule has 1 aliphatic heterocycles. The maximum atomic E-state index is 11.4. The van der Waals surface area contributed by atoms with Crippen molar-refractivity contribution >= 4 is 22.4 Å². The van der Waals surface area contributed by atoms with E-state index in [4.69, 9.17) is 4.74 Å². The van der Waals surface area contributed by atoms with Crippen molar-refractivity contribution < 1.29 is 14.6 Å². The Morgan fingerprint density at radius 3 is 2.68 bits per heavy atom. The molecular weight excluding hydrogens is 264 g/mol. The van der Waals surface area contributed by atoms with Gasteiger partial charge in [-0.05, 0) is 6.42 Å². The van der Waals surface area contributed by atoms with E-state index in [1.165, 1.54) is 11.3 Å². The zero-order valence-corrected chi connectivity index (χ0v) is 12.4. The van der Waals surface area contributed by atoms with Gasteiger partial charge in [0.05, 0.1) is 12.3 Å². The summed E-state index contributed by atoms with van der Waals surface area (Å²) in [6, 6.07) is 0. The minimum Gasteiger partial charge on any atom is -0.477 e. The van der Waals surface area contributed by atoms with Crippen LogP contribution < -0.4 is 4.90 Å². The molecule has 1 aromatic heterocycles. The molecule has 1 saturated heterocycles. The molecule has 19 heavy (non-hydrogen) atoms. The summed E-state index contributed by atoms with van der Waals surface area (Å²) in [6.07, 6.45) is 0.951. The van der Waals surface area contributed by atoms with Gasteiger partial charge in [0, 0.05) is 25.1 Å². The van der Waals surface area contributed by atoms with Crippen LogP contribution in [0, 0.1) is 0 Å². The van der Waals surface area contributed by atoms with Crippen LogP contribution in [-0.2, 0) is 10.2 Å². The molecule has 1 N–H and O–H groups in total. The van der Waals surface area contributed by atoms with Gasteiger partial charge in [0.2, 0.25) is 0 Å². The van der Waals surface area contributed by atoms with Crippen molar-refractivity contribution in [1.82, 2.24) is 4.98 Å². The lowest BCUT2D eigenvalue weighted by atomic mass is 9.91. The van der Waals surface area contributed by atoms with Gasteiger partial charge in [-0.2, -0.15) is 0 Å². The number of carboxylic acid groups (broad SMARTS) is 1. The van der Waals surface area contributed by atoms with Crippen LogP contribution in [0.25, 0.3) is 0 Å². The summed E-state index contributed by atoms with van der Waals surface area (Å²) in [5.41, 5.74) is 0.412. The summed E-state index contributed by atoms with van der Waals surface area (Å²) in [7, 11) is 0. The third-order valence-electron chi connectivity index (χ3n) is 3.01. The number of thiazole rings is 1. The number of rotatable bonds is 2. The molecule has 1 aromatic rings. The zero-order valence-electron chi connectivity index (χ0n) is 11.6. The Labute approximate surface area is 117 Å². The molecule has 5 nitrogen and oxygen atoms in total. The number of carbonyl (C=O) groups is 1. The van der Waals surface area contributed by atoms with Crippen LogP contribution in [0.1, 0.15) is 42.6 Å². The fourth-order valence-electron chi connectivity index (χ4n) is 2.03. The van der Waals surface area contributed by atoms with E-state index in [0.717, 1.165) is 31.2 Å². The van der Waals surface area contributed by atoms with Crippen LogP contribution >= 0.6 is 11.3 Å². The first-order chi connectivity index (χ1) is 8.89. The number of nitrogens with zero attached hydrogens (tertiary/aromatic N) is 2. The van der Waals surface area contributed by atoms with E-state index >= 15 is 0 Å². The predicted octanol–water partition coefficient (Wildman–Crippen LogP) is 2.37.